The Balaban J connectivity index is 2.53. The van der Waals surface area contributed by atoms with Crippen molar-refractivity contribution < 1.29 is 4.92 Å². The fourth-order valence-electron chi connectivity index (χ4n) is 1.84. The van der Waals surface area contributed by atoms with Crippen molar-refractivity contribution in [2.24, 2.45) is 0 Å². The van der Waals surface area contributed by atoms with Crippen LogP contribution in [0, 0.1) is 30.9 Å². The molecular formula is C13H13ClN4O2. The van der Waals surface area contributed by atoms with E-state index in [2.05, 4.69) is 15.3 Å². The Hall–Kier alpha value is -2.21. The number of hydrogen-bond donors (Lipinski definition) is 1. The van der Waals surface area contributed by atoms with Crippen molar-refractivity contribution >= 4 is 28.8 Å². The van der Waals surface area contributed by atoms with Crippen LogP contribution in [0.2, 0.25) is 5.28 Å². The Bertz CT molecular complexity index is 688. The van der Waals surface area contributed by atoms with Gasteiger partial charge in [0.2, 0.25) is 11.1 Å². The third-order valence-corrected chi connectivity index (χ3v) is 3.03. The molecule has 0 amide bonds. The molecule has 0 saturated heterocycles. The van der Waals surface area contributed by atoms with Gasteiger partial charge in [-0.3, -0.25) is 10.1 Å². The topological polar surface area (TPSA) is 81.0 Å². The van der Waals surface area contributed by atoms with Crippen molar-refractivity contribution in [2.75, 3.05) is 5.32 Å². The van der Waals surface area contributed by atoms with Crippen LogP contribution in [-0.4, -0.2) is 14.9 Å². The van der Waals surface area contributed by atoms with Crippen LogP contribution in [0.3, 0.4) is 0 Å². The van der Waals surface area contributed by atoms with Gasteiger partial charge < -0.3 is 5.32 Å². The monoisotopic (exact) mass is 292 g/mol. The summed E-state index contributed by atoms with van der Waals surface area (Å²) >= 11 is 5.78. The van der Waals surface area contributed by atoms with E-state index in [-0.39, 0.29) is 22.5 Å². The van der Waals surface area contributed by atoms with Crippen LogP contribution in [0.5, 0.6) is 0 Å². The highest BCUT2D eigenvalue weighted by Crippen LogP contribution is 2.30. The Kier molecular flexibility index (Phi) is 3.85. The number of hydrogen-bond acceptors (Lipinski definition) is 5. The average molecular weight is 293 g/mol. The van der Waals surface area contributed by atoms with Gasteiger partial charge in [-0.1, -0.05) is 12.1 Å². The van der Waals surface area contributed by atoms with Crippen molar-refractivity contribution in [1.82, 2.24) is 9.97 Å². The van der Waals surface area contributed by atoms with E-state index in [1.54, 1.807) is 0 Å². The summed E-state index contributed by atoms with van der Waals surface area (Å²) in [5.74, 6) is 0.0983. The molecule has 2 aromatic rings. The van der Waals surface area contributed by atoms with Gasteiger partial charge >= 0.3 is 5.69 Å². The van der Waals surface area contributed by atoms with E-state index < -0.39 is 4.92 Å². The number of anilines is 2. The zero-order valence-electron chi connectivity index (χ0n) is 11.3. The first-order valence-corrected chi connectivity index (χ1v) is 6.29. The van der Waals surface area contributed by atoms with Crippen LogP contribution in [0.25, 0.3) is 0 Å². The maximum atomic E-state index is 11.1. The number of aromatic nitrogens is 2. The molecule has 0 atom stereocenters. The molecule has 0 aliphatic heterocycles. The highest BCUT2D eigenvalue weighted by atomic mass is 35.5. The Labute approximate surface area is 121 Å². The Morgan fingerprint density at radius 2 is 1.95 bits per heavy atom. The van der Waals surface area contributed by atoms with E-state index in [0.29, 0.717) is 0 Å². The predicted octanol–water partition coefficient (Wildman–Crippen LogP) is 3.71. The number of rotatable bonds is 3. The zero-order chi connectivity index (χ0) is 14.9. The lowest BCUT2D eigenvalue weighted by Crippen LogP contribution is -2.05. The quantitative estimate of drug-likeness (QED) is 0.530. The number of nitrogens with zero attached hydrogens (tertiary/aromatic N) is 3. The van der Waals surface area contributed by atoms with Crippen LogP contribution >= 0.6 is 11.6 Å². The summed E-state index contributed by atoms with van der Waals surface area (Å²) in [6.07, 6.45) is 0. The predicted molar refractivity (Wildman–Crippen MR) is 77.6 cm³/mol. The Morgan fingerprint density at radius 1 is 1.25 bits per heavy atom. The second kappa shape index (κ2) is 5.42. The SMILES string of the molecule is Cc1ccc(C)c(Nc2nc(Cl)nc(C)c2[N+](=O)[O-])c1. The number of nitrogens with one attached hydrogen (secondary N) is 1. The van der Waals surface area contributed by atoms with Gasteiger partial charge in [-0.05, 0) is 49.6 Å². The standard InChI is InChI=1S/C13H13ClN4O2/c1-7-4-5-8(2)10(6-7)16-12-11(18(19)20)9(3)15-13(14)17-12/h4-6H,1-3H3,(H,15,16,17). The first kappa shape index (κ1) is 14.2. The first-order valence-electron chi connectivity index (χ1n) is 5.91. The minimum atomic E-state index is -0.515. The third kappa shape index (κ3) is 2.85. The normalized spacial score (nSPS) is 10.4. The van der Waals surface area contributed by atoms with Crippen LogP contribution in [0.4, 0.5) is 17.2 Å². The molecule has 0 radical (unpaired) electrons. The molecule has 1 aromatic heterocycles. The molecule has 0 bridgehead atoms. The lowest BCUT2D eigenvalue weighted by atomic mass is 10.1. The lowest BCUT2D eigenvalue weighted by molar-refractivity contribution is -0.385. The molecule has 1 aromatic carbocycles. The van der Waals surface area contributed by atoms with Crippen LogP contribution in [0.15, 0.2) is 18.2 Å². The molecule has 0 unspecified atom stereocenters. The van der Waals surface area contributed by atoms with E-state index in [4.69, 9.17) is 11.6 Å². The van der Waals surface area contributed by atoms with Gasteiger partial charge in [0.25, 0.3) is 0 Å². The summed E-state index contributed by atoms with van der Waals surface area (Å²) in [4.78, 5) is 18.4. The van der Waals surface area contributed by atoms with Crippen molar-refractivity contribution in [3.63, 3.8) is 0 Å². The molecule has 1 heterocycles. The molecule has 6 nitrogen and oxygen atoms in total. The molecule has 0 aliphatic carbocycles. The summed E-state index contributed by atoms with van der Waals surface area (Å²) < 4.78 is 0. The molecule has 1 N–H and O–H groups in total. The highest BCUT2D eigenvalue weighted by molar-refractivity contribution is 6.28. The minimum absolute atomic E-state index is 0.0269. The molecule has 104 valence electrons. The maximum Gasteiger partial charge on any atom is 0.332 e. The third-order valence-electron chi connectivity index (χ3n) is 2.86. The van der Waals surface area contributed by atoms with Gasteiger partial charge in [0, 0.05) is 5.69 Å². The number of aryl methyl sites for hydroxylation is 3. The van der Waals surface area contributed by atoms with Crippen LogP contribution in [-0.2, 0) is 0 Å². The van der Waals surface area contributed by atoms with E-state index in [9.17, 15) is 10.1 Å². The van der Waals surface area contributed by atoms with E-state index >= 15 is 0 Å². The second-order valence-corrected chi connectivity index (χ2v) is 4.81. The van der Waals surface area contributed by atoms with Gasteiger partial charge in [0.15, 0.2) is 0 Å². The number of halogens is 1. The summed E-state index contributed by atoms with van der Waals surface area (Å²) in [5.41, 5.74) is 2.80. The smallest absolute Gasteiger partial charge is 0.332 e. The van der Waals surface area contributed by atoms with E-state index in [0.717, 1.165) is 16.8 Å². The molecule has 20 heavy (non-hydrogen) atoms. The largest absolute Gasteiger partial charge is 0.334 e. The lowest BCUT2D eigenvalue weighted by Gasteiger charge is -2.11. The molecule has 0 aliphatic rings. The van der Waals surface area contributed by atoms with Crippen molar-refractivity contribution in [3.8, 4) is 0 Å². The van der Waals surface area contributed by atoms with Gasteiger partial charge in [-0.2, -0.15) is 4.98 Å². The van der Waals surface area contributed by atoms with Gasteiger partial charge in [0.1, 0.15) is 5.69 Å². The summed E-state index contributed by atoms with van der Waals surface area (Å²) in [7, 11) is 0. The first-order chi connectivity index (χ1) is 9.38. The number of nitro groups is 1. The maximum absolute atomic E-state index is 11.1. The molecule has 2 rings (SSSR count). The Morgan fingerprint density at radius 3 is 2.60 bits per heavy atom. The molecule has 0 spiro atoms. The van der Waals surface area contributed by atoms with Crippen molar-refractivity contribution in [1.29, 1.82) is 0 Å². The van der Waals surface area contributed by atoms with Crippen molar-refractivity contribution in [2.45, 2.75) is 20.8 Å². The summed E-state index contributed by atoms with van der Waals surface area (Å²) in [5, 5.41) is 14.1. The minimum Gasteiger partial charge on any atom is -0.334 e. The average Bonchev–Trinajstić information content (AvgIpc) is 2.32. The van der Waals surface area contributed by atoms with Crippen LogP contribution < -0.4 is 5.32 Å². The molecule has 7 heteroatoms. The number of benzene rings is 1. The van der Waals surface area contributed by atoms with Crippen LogP contribution in [0.1, 0.15) is 16.8 Å². The fourth-order valence-corrected chi connectivity index (χ4v) is 2.05. The van der Waals surface area contributed by atoms with Gasteiger partial charge in [0.05, 0.1) is 4.92 Å². The summed E-state index contributed by atoms with van der Waals surface area (Å²) in [6.45, 7) is 5.38. The highest BCUT2D eigenvalue weighted by Gasteiger charge is 2.22. The van der Waals surface area contributed by atoms with E-state index in [1.165, 1.54) is 6.92 Å². The zero-order valence-corrected chi connectivity index (χ0v) is 12.0. The van der Waals surface area contributed by atoms with Gasteiger partial charge in [-0.15, -0.1) is 0 Å². The van der Waals surface area contributed by atoms with Gasteiger partial charge in [-0.25, -0.2) is 4.98 Å². The molecule has 0 fully saturated rings. The van der Waals surface area contributed by atoms with Crippen molar-refractivity contribution in [3.05, 3.63) is 50.4 Å². The summed E-state index contributed by atoms with van der Waals surface area (Å²) in [6, 6.07) is 5.79. The van der Waals surface area contributed by atoms with E-state index in [1.807, 2.05) is 32.0 Å². The fraction of sp³-hybridized carbons (Fsp3) is 0.231. The molecule has 0 saturated carbocycles. The second-order valence-electron chi connectivity index (χ2n) is 4.48. The molecular weight excluding hydrogens is 280 g/mol.